The Balaban J connectivity index is 1.34. The van der Waals surface area contributed by atoms with Gasteiger partial charge in [-0.3, -0.25) is 4.90 Å². The molecule has 0 aliphatic carbocycles. The molecule has 138 valence electrons. The maximum atomic E-state index is 13.0. The Kier molecular flexibility index (Phi) is 5.22. The average Bonchev–Trinajstić information content (AvgIpc) is 3.11. The van der Waals surface area contributed by atoms with Crippen molar-refractivity contribution in [2.75, 3.05) is 5.32 Å². The molecule has 1 unspecified atom stereocenters. The van der Waals surface area contributed by atoms with Gasteiger partial charge in [-0.2, -0.15) is 0 Å². The fourth-order valence-corrected chi connectivity index (χ4v) is 4.61. The minimum absolute atomic E-state index is 0.244. The van der Waals surface area contributed by atoms with Crippen LogP contribution in [0.2, 0.25) is 0 Å². The van der Waals surface area contributed by atoms with Crippen LogP contribution in [0.25, 0.3) is 0 Å². The third-order valence-corrected chi connectivity index (χ3v) is 5.70. The molecule has 0 amide bonds. The lowest BCUT2D eigenvalue weighted by Crippen LogP contribution is -2.56. The quantitative estimate of drug-likeness (QED) is 0.783. The van der Waals surface area contributed by atoms with Crippen molar-refractivity contribution in [3.63, 3.8) is 0 Å². The minimum atomic E-state index is -0.244. The number of hydrogen-bond acceptors (Lipinski definition) is 3. The molecule has 26 heavy (non-hydrogen) atoms. The molecule has 2 aromatic rings. The number of nitrogens with one attached hydrogen (secondary N) is 2. The van der Waals surface area contributed by atoms with Crippen LogP contribution in [0.1, 0.15) is 37.9 Å². The van der Waals surface area contributed by atoms with Gasteiger partial charge >= 0.3 is 0 Å². The van der Waals surface area contributed by atoms with E-state index in [0.717, 1.165) is 30.8 Å². The van der Waals surface area contributed by atoms with E-state index < -0.39 is 0 Å². The summed E-state index contributed by atoms with van der Waals surface area (Å²) < 4.78 is 18.6. The van der Waals surface area contributed by atoms with E-state index in [-0.39, 0.29) is 5.82 Å². The van der Waals surface area contributed by atoms with Gasteiger partial charge in [0.1, 0.15) is 11.6 Å². The Hall–Kier alpha value is -1.92. The molecule has 2 N–H and O–H groups in total. The molecule has 2 fully saturated rings. The van der Waals surface area contributed by atoms with Crippen molar-refractivity contribution in [2.45, 2.75) is 56.8 Å². The van der Waals surface area contributed by atoms with E-state index in [9.17, 15) is 4.39 Å². The van der Waals surface area contributed by atoms with E-state index in [1.54, 1.807) is 18.4 Å². The van der Waals surface area contributed by atoms with Crippen LogP contribution in [0.4, 0.5) is 10.1 Å². The van der Waals surface area contributed by atoms with Gasteiger partial charge in [-0.1, -0.05) is 6.42 Å². The zero-order chi connectivity index (χ0) is 17.9. The van der Waals surface area contributed by atoms with Crippen LogP contribution in [0.3, 0.4) is 0 Å². The number of halogens is 1. The first-order valence-corrected chi connectivity index (χ1v) is 9.69. The first-order chi connectivity index (χ1) is 12.7. The lowest BCUT2D eigenvalue weighted by molar-refractivity contribution is 0.0161. The molecule has 2 aliphatic heterocycles. The Morgan fingerprint density at radius 2 is 1.88 bits per heavy atom. The van der Waals surface area contributed by atoms with Crippen molar-refractivity contribution >= 4 is 23.0 Å². The summed E-state index contributed by atoms with van der Waals surface area (Å²) in [5.41, 5.74) is 0.805. The number of anilines is 1. The third kappa shape index (κ3) is 4.07. The van der Waals surface area contributed by atoms with Gasteiger partial charge in [0.25, 0.3) is 0 Å². The molecule has 0 radical (unpaired) electrons. The van der Waals surface area contributed by atoms with Gasteiger partial charge in [0.05, 0.1) is 12.8 Å². The van der Waals surface area contributed by atoms with Crippen LogP contribution < -0.4 is 10.6 Å². The highest BCUT2D eigenvalue weighted by Crippen LogP contribution is 2.35. The zero-order valence-electron chi connectivity index (χ0n) is 14.7. The predicted octanol–water partition coefficient (Wildman–Crippen LogP) is 4.29. The highest BCUT2D eigenvalue weighted by molar-refractivity contribution is 7.80. The predicted molar refractivity (Wildman–Crippen MR) is 104 cm³/mol. The molecule has 1 aromatic heterocycles. The van der Waals surface area contributed by atoms with Gasteiger partial charge in [-0.15, -0.1) is 0 Å². The van der Waals surface area contributed by atoms with E-state index in [1.807, 2.05) is 6.07 Å². The average molecular weight is 373 g/mol. The highest BCUT2D eigenvalue weighted by Gasteiger charge is 2.38. The number of furan rings is 1. The molecule has 1 aromatic carbocycles. The molecule has 0 spiro atoms. The lowest BCUT2D eigenvalue weighted by atomic mass is 9.81. The second-order valence-corrected chi connectivity index (χ2v) is 7.67. The minimum Gasteiger partial charge on any atom is -0.468 e. The van der Waals surface area contributed by atoms with Crippen LogP contribution >= 0.6 is 12.2 Å². The van der Waals surface area contributed by atoms with Crippen LogP contribution in [0.15, 0.2) is 47.1 Å². The Bertz CT molecular complexity index is 720. The number of nitrogens with zero attached hydrogens (tertiary/aromatic N) is 1. The van der Waals surface area contributed by atoms with Crippen LogP contribution in [-0.4, -0.2) is 28.1 Å². The summed E-state index contributed by atoms with van der Waals surface area (Å²) in [6.07, 6.45) is 7.68. The maximum Gasteiger partial charge on any atom is 0.170 e. The number of thiocarbonyl (C=S) groups is 1. The molecular weight excluding hydrogens is 349 g/mol. The molecule has 2 bridgehead atoms. The van der Waals surface area contributed by atoms with Gasteiger partial charge < -0.3 is 15.1 Å². The summed E-state index contributed by atoms with van der Waals surface area (Å²) in [4.78, 5) is 2.61. The van der Waals surface area contributed by atoms with Crippen molar-refractivity contribution in [3.05, 3.63) is 54.2 Å². The molecule has 3 atom stereocenters. The zero-order valence-corrected chi connectivity index (χ0v) is 15.5. The van der Waals surface area contributed by atoms with Gasteiger partial charge in [0.2, 0.25) is 0 Å². The summed E-state index contributed by atoms with van der Waals surface area (Å²) in [5.74, 6) is 0.799. The van der Waals surface area contributed by atoms with Crippen molar-refractivity contribution in [1.82, 2.24) is 10.2 Å². The molecule has 3 heterocycles. The first kappa shape index (κ1) is 17.5. The number of benzene rings is 1. The summed E-state index contributed by atoms with van der Waals surface area (Å²) in [5, 5.41) is 7.23. The molecule has 6 heteroatoms. The summed E-state index contributed by atoms with van der Waals surface area (Å²) in [7, 11) is 0. The molecule has 2 saturated heterocycles. The monoisotopic (exact) mass is 373 g/mol. The van der Waals surface area contributed by atoms with Gasteiger partial charge in [0.15, 0.2) is 5.11 Å². The summed E-state index contributed by atoms with van der Waals surface area (Å²) >= 11 is 5.46. The fraction of sp³-hybridized carbons (Fsp3) is 0.450. The Labute approximate surface area is 158 Å². The van der Waals surface area contributed by atoms with Gasteiger partial charge in [-0.25, -0.2) is 4.39 Å². The van der Waals surface area contributed by atoms with Crippen LogP contribution in [0, 0.1) is 5.82 Å². The number of rotatable bonds is 4. The number of fused-ring (bicyclic) bond motifs is 2. The van der Waals surface area contributed by atoms with E-state index in [4.69, 9.17) is 16.6 Å². The number of piperidine rings is 2. The summed E-state index contributed by atoms with van der Waals surface area (Å²) in [6.45, 7) is 0.896. The van der Waals surface area contributed by atoms with E-state index in [2.05, 4.69) is 21.6 Å². The molecule has 4 nitrogen and oxygen atoms in total. The topological polar surface area (TPSA) is 40.4 Å². The van der Waals surface area contributed by atoms with E-state index in [1.165, 1.54) is 31.4 Å². The van der Waals surface area contributed by atoms with Gasteiger partial charge in [0, 0.05) is 23.8 Å². The van der Waals surface area contributed by atoms with Crippen LogP contribution in [0.5, 0.6) is 0 Å². The largest absolute Gasteiger partial charge is 0.468 e. The third-order valence-electron chi connectivity index (χ3n) is 5.48. The van der Waals surface area contributed by atoms with E-state index in [0.29, 0.717) is 23.2 Å². The molecule has 4 rings (SSSR count). The molecule has 2 aliphatic rings. The van der Waals surface area contributed by atoms with Crippen molar-refractivity contribution in [2.24, 2.45) is 0 Å². The smallest absolute Gasteiger partial charge is 0.170 e. The lowest BCUT2D eigenvalue weighted by Gasteiger charge is -2.48. The maximum absolute atomic E-state index is 13.0. The Morgan fingerprint density at radius 3 is 2.54 bits per heavy atom. The summed E-state index contributed by atoms with van der Waals surface area (Å²) in [6, 6.07) is 11.8. The number of hydrogen-bond donors (Lipinski definition) is 2. The SMILES string of the molecule is Fc1ccc(NC(=S)NC2C[C@H]3CCC[C@@H](C2)N3Cc2ccco2)cc1. The Morgan fingerprint density at radius 1 is 1.15 bits per heavy atom. The standard InChI is InChI=1S/C20H24FN3OS/c21-14-6-8-15(9-7-14)22-20(26)23-16-11-17-3-1-4-18(12-16)24(17)13-19-5-2-10-25-19/h2,5-10,16-18H,1,3-4,11-13H2,(H2,22,23,26)/t16?,17-,18+. The van der Waals surface area contributed by atoms with Crippen molar-refractivity contribution < 1.29 is 8.81 Å². The second kappa shape index (κ2) is 7.76. The van der Waals surface area contributed by atoms with Crippen molar-refractivity contribution in [3.8, 4) is 0 Å². The van der Waals surface area contributed by atoms with Crippen LogP contribution in [-0.2, 0) is 6.54 Å². The molecular formula is C20H24FN3OS. The normalized spacial score (nSPS) is 25.7. The first-order valence-electron chi connectivity index (χ1n) is 9.28. The van der Waals surface area contributed by atoms with Crippen molar-refractivity contribution in [1.29, 1.82) is 0 Å². The van der Waals surface area contributed by atoms with E-state index >= 15 is 0 Å². The molecule has 0 saturated carbocycles. The fourth-order valence-electron chi connectivity index (χ4n) is 4.32. The highest BCUT2D eigenvalue weighted by atomic mass is 32.1. The van der Waals surface area contributed by atoms with Gasteiger partial charge in [-0.05, 0) is 74.3 Å². The second-order valence-electron chi connectivity index (χ2n) is 7.26.